The molecule has 1 heterocycles. The molecule has 4 heteroatoms. The summed E-state index contributed by atoms with van der Waals surface area (Å²) in [6.45, 7) is 6.72. The summed E-state index contributed by atoms with van der Waals surface area (Å²) in [6, 6.07) is 7.75. The first kappa shape index (κ1) is 12.6. The van der Waals surface area contributed by atoms with Crippen molar-refractivity contribution in [1.29, 1.82) is 0 Å². The van der Waals surface area contributed by atoms with Crippen molar-refractivity contribution in [2.24, 2.45) is 5.73 Å². The van der Waals surface area contributed by atoms with Gasteiger partial charge in [-0.15, -0.1) is 0 Å². The number of H-pyrrole nitrogens is 1. The lowest BCUT2D eigenvalue weighted by molar-refractivity contribution is 0.554. The van der Waals surface area contributed by atoms with Crippen LogP contribution in [0, 0.1) is 0 Å². The van der Waals surface area contributed by atoms with Gasteiger partial charge in [0.2, 0.25) is 0 Å². The summed E-state index contributed by atoms with van der Waals surface area (Å²) in [5, 5.41) is 0. The Labute approximate surface area is 106 Å². The molecule has 0 saturated heterocycles. The van der Waals surface area contributed by atoms with Gasteiger partial charge in [0.1, 0.15) is 0 Å². The third-order valence-corrected chi connectivity index (χ3v) is 2.95. The quantitative estimate of drug-likeness (QED) is 0.849. The maximum atomic E-state index is 12.0. The van der Waals surface area contributed by atoms with Crippen molar-refractivity contribution in [2.75, 3.05) is 0 Å². The predicted molar refractivity (Wildman–Crippen MR) is 73.0 cm³/mol. The summed E-state index contributed by atoms with van der Waals surface area (Å²) in [5.41, 5.74) is 8.25. The lowest BCUT2D eigenvalue weighted by Gasteiger charge is -2.20. The van der Waals surface area contributed by atoms with E-state index in [9.17, 15) is 4.79 Å². The number of rotatable bonds is 2. The van der Waals surface area contributed by atoms with Gasteiger partial charge in [0.05, 0.1) is 5.69 Å². The van der Waals surface area contributed by atoms with Gasteiger partial charge < -0.3 is 10.7 Å². The van der Waals surface area contributed by atoms with Crippen LogP contribution in [0.2, 0.25) is 0 Å². The molecule has 18 heavy (non-hydrogen) atoms. The highest BCUT2D eigenvalue weighted by atomic mass is 16.1. The van der Waals surface area contributed by atoms with Crippen LogP contribution >= 0.6 is 0 Å². The number of nitrogens with two attached hydrogens (primary N) is 1. The Morgan fingerprint density at radius 3 is 2.67 bits per heavy atom. The molecular formula is C14H19N3O. The number of hydrogen-bond donors (Lipinski definition) is 2. The average molecular weight is 245 g/mol. The second-order valence-electron chi connectivity index (χ2n) is 5.44. The van der Waals surface area contributed by atoms with Gasteiger partial charge in [-0.2, -0.15) is 0 Å². The van der Waals surface area contributed by atoms with Crippen molar-refractivity contribution in [3.05, 3.63) is 52.2 Å². The summed E-state index contributed by atoms with van der Waals surface area (Å²) in [5.74, 6) is 0. The molecule has 2 rings (SSSR count). The third kappa shape index (κ3) is 2.24. The van der Waals surface area contributed by atoms with Crippen LogP contribution in [0.15, 0.2) is 35.3 Å². The topological polar surface area (TPSA) is 63.8 Å². The molecule has 1 aromatic heterocycles. The fourth-order valence-corrected chi connectivity index (χ4v) is 2.00. The van der Waals surface area contributed by atoms with Gasteiger partial charge in [0.25, 0.3) is 0 Å². The van der Waals surface area contributed by atoms with E-state index in [1.54, 1.807) is 10.8 Å². The number of aromatic amines is 1. The van der Waals surface area contributed by atoms with Crippen LogP contribution in [0.4, 0.5) is 0 Å². The molecule has 4 nitrogen and oxygen atoms in total. The minimum Gasteiger partial charge on any atom is -0.326 e. The summed E-state index contributed by atoms with van der Waals surface area (Å²) in [6.07, 6.45) is 1.78. The fourth-order valence-electron chi connectivity index (χ4n) is 2.00. The van der Waals surface area contributed by atoms with Crippen molar-refractivity contribution >= 4 is 0 Å². The molecule has 0 aliphatic heterocycles. The highest BCUT2D eigenvalue weighted by Crippen LogP contribution is 2.23. The second-order valence-corrected chi connectivity index (χ2v) is 5.44. The molecule has 0 spiro atoms. The van der Waals surface area contributed by atoms with Gasteiger partial charge in [-0.25, -0.2) is 4.79 Å². The van der Waals surface area contributed by atoms with Crippen LogP contribution in [-0.4, -0.2) is 9.55 Å². The van der Waals surface area contributed by atoms with E-state index in [1.165, 1.54) is 0 Å². The Morgan fingerprint density at radius 1 is 1.33 bits per heavy atom. The molecule has 96 valence electrons. The van der Waals surface area contributed by atoms with Crippen LogP contribution in [0.1, 0.15) is 32.0 Å². The fraction of sp³-hybridized carbons (Fsp3) is 0.357. The summed E-state index contributed by atoms with van der Waals surface area (Å²) >= 11 is 0. The Kier molecular flexibility index (Phi) is 3.13. The largest absolute Gasteiger partial charge is 0.330 e. The molecule has 0 amide bonds. The van der Waals surface area contributed by atoms with E-state index in [2.05, 4.69) is 25.8 Å². The van der Waals surface area contributed by atoms with Crippen molar-refractivity contribution in [1.82, 2.24) is 9.55 Å². The molecule has 0 fully saturated rings. The third-order valence-electron chi connectivity index (χ3n) is 2.95. The van der Waals surface area contributed by atoms with Crippen LogP contribution in [-0.2, 0) is 12.0 Å². The van der Waals surface area contributed by atoms with E-state index in [0.717, 1.165) is 16.9 Å². The van der Waals surface area contributed by atoms with Crippen LogP contribution in [0.3, 0.4) is 0 Å². The monoisotopic (exact) mass is 245 g/mol. The highest BCUT2D eigenvalue weighted by Gasteiger charge is 2.21. The van der Waals surface area contributed by atoms with Crippen molar-refractivity contribution in [2.45, 2.75) is 32.7 Å². The van der Waals surface area contributed by atoms with Crippen LogP contribution in [0.25, 0.3) is 5.69 Å². The van der Waals surface area contributed by atoms with Crippen LogP contribution in [0.5, 0.6) is 0 Å². The molecule has 0 bridgehead atoms. The molecule has 0 aliphatic rings. The highest BCUT2D eigenvalue weighted by molar-refractivity contribution is 5.38. The molecule has 2 aromatic rings. The predicted octanol–water partition coefficient (Wildman–Crippen LogP) is 1.92. The summed E-state index contributed by atoms with van der Waals surface area (Å²) in [7, 11) is 0. The molecule has 1 aromatic carbocycles. The number of nitrogens with zero attached hydrogens (tertiary/aromatic N) is 1. The van der Waals surface area contributed by atoms with Gasteiger partial charge in [0, 0.05) is 23.9 Å². The van der Waals surface area contributed by atoms with E-state index >= 15 is 0 Å². The zero-order valence-corrected chi connectivity index (χ0v) is 11.0. The van der Waals surface area contributed by atoms with Gasteiger partial charge in [0.15, 0.2) is 0 Å². The Balaban J connectivity index is 2.63. The average Bonchev–Trinajstić information content (AvgIpc) is 2.71. The zero-order valence-electron chi connectivity index (χ0n) is 11.0. The van der Waals surface area contributed by atoms with Gasteiger partial charge in [-0.1, -0.05) is 32.9 Å². The Hall–Kier alpha value is -1.81. The number of imidazole rings is 1. The Morgan fingerprint density at radius 2 is 2.06 bits per heavy atom. The lowest BCUT2D eigenvalue weighted by Crippen LogP contribution is -2.23. The Bertz CT molecular complexity index is 602. The van der Waals surface area contributed by atoms with Gasteiger partial charge >= 0.3 is 5.69 Å². The van der Waals surface area contributed by atoms with E-state index in [4.69, 9.17) is 5.73 Å². The smallest absolute Gasteiger partial charge is 0.326 e. The van der Waals surface area contributed by atoms with Crippen molar-refractivity contribution in [3.63, 3.8) is 0 Å². The molecule has 0 radical (unpaired) electrons. The SMILES string of the molecule is CC(C)(C)c1c[nH]c(=O)n1-c1cccc(CN)c1. The van der Waals surface area contributed by atoms with E-state index in [-0.39, 0.29) is 11.1 Å². The summed E-state index contributed by atoms with van der Waals surface area (Å²) < 4.78 is 1.71. The number of hydrogen-bond acceptors (Lipinski definition) is 2. The molecule has 3 N–H and O–H groups in total. The van der Waals surface area contributed by atoms with Gasteiger partial charge in [-0.3, -0.25) is 4.57 Å². The van der Waals surface area contributed by atoms with Crippen molar-refractivity contribution < 1.29 is 0 Å². The zero-order chi connectivity index (χ0) is 13.3. The van der Waals surface area contributed by atoms with E-state index in [0.29, 0.717) is 6.54 Å². The molecule has 0 saturated carbocycles. The molecule has 0 aliphatic carbocycles. The summed E-state index contributed by atoms with van der Waals surface area (Å²) in [4.78, 5) is 14.7. The number of aromatic nitrogens is 2. The first-order valence-electron chi connectivity index (χ1n) is 6.04. The minimum atomic E-state index is -0.117. The standard InChI is InChI=1S/C14H19N3O/c1-14(2,3)12-9-16-13(18)17(12)11-6-4-5-10(7-11)8-15/h4-7,9H,8,15H2,1-3H3,(H,16,18). The van der Waals surface area contributed by atoms with Crippen LogP contribution < -0.4 is 11.4 Å². The maximum Gasteiger partial charge on any atom is 0.330 e. The maximum absolute atomic E-state index is 12.0. The number of nitrogens with one attached hydrogen (secondary N) is 1. The molecule has 0 atom stereocenters. The second kappa shape index (κ2) is 4.46. The lowest BCUT2D eigenvalue weighted by atomic mass is 9.92. The first-order chi connectivity index (χ1) is 8.43. The normalized spacial score (nSPS) is 11.8. The molecule has 0 unspecified atom stereocenters. The number of benzene rings is 1. The van der Waals surface area contributed by atoms with Gasteiger partial charge in [-0.05, 0) is 17.7 Å². The minimum absolute atomic E-state index is 0.0993. The first-order valence-corrected chi connectivity index (χ1v) is 6.04. The van der Waals surface area contributed by atoms with E-state index in [1.807, 2.05) is 24.3 Å². The molecular weight excluding hydrogens is 226 g/mol. The van der Waals surface area contributed by atoms with E-state index < -0.39 is 0 Å². The van der Waals surface area contributed by atoms with Crippen molar-refractivity contribution in [3.8, 4) is 5.69 Å².